The fraction of sp³-hybridized carbons (Fsp3) is 0.286. The van der Waals surface area contributed by atoms with E-state index >= 15 is 0 Å². The average molecular weight is 323 g/mol. The van der Waals surface area contributed by atoms with E-state index in [2.05, 4.69) is 4.98 Å². The van der Waals surface area contributed by atoms with Crippen LogP contribution >= 0.6 is 0 Å². The largest absolute Gasteiger partial charge is 0.288 e. The van der Waals surface area contributed by atoms with Gasteiger partial charge >= 0.3 is 0 Å². The third-order valence-electron chi connectivity index (χ3n) is 3.75. The Morgan fingerprint density at radius 3 is 2.04 bits per heavy atom. The Morgan fingerprint density at radius 1 is 0.875 bits per heavy atom. The number of Topliss-reactive ketones (excluding diaryl/α,β-unsaturated/α-hetero) is 2. The van der Waals surface area contributed by atoms with Crippen molar-refractivity contribution in [2.24, 2.45) is 0 Å². The Morgan fingerprint density at radius 2 is 1.50 bits per heavy atom. The highest BCUT2D eigenvalue weighted by Crippen LogP contribution is 2.17. The summed E-state index contributed by atoms with van der Waals surface area (Å²) in [5.41, 5.74) is 3.68. The smallest absolute Gasteiger partial charge is 0.214 e. The summed E-state index contributed by atoms with van der Waals surface area (Å²) in [5.74, 6) is -0.593. The summed E-state index contributed by atoms with van der Waals surface area (Å²) >= 11 is 0. The molecule has 3 heteroatoms. The molecule has 0 fully saturated rings. The average Bonchev–Trinajstić information content (AvgIpc) is 2.60. The van der Waals surface area contributed by atoms with Crippen LogP contribution < -0.4 is 0 Å². The monoisotopic (exact) mass is 323 g/mol. The van der Waals surface area contributed by atoms with Crippen molar-refractivity contribution in [3.63, 3.8) is 0 Å². The first-order valence-electron chi connectivity index (χ1n) is 8.21. The van der Waals surface area contributed by atoms with E-state index in [4.69, 9.17) is 0 Å². The van der Waals surface area contributed by atoms with Crippen molar-refractivity contribution in [1.82, 2.24) is 4.98 Å². The summed E-state index contributed by atoms with van der Waals surface area (Å²) in [5, 5.41) is 0. The fourth-order valence-electron chi connectivity index (χ4n) is 2.23. The number of benzene rings is 1. The molecule has 2 aromatic rings. The molecular weight excluding hydrogens is 298 g/mol. The molecule has 1 aromatic heterocycles. The topological polar surface area (TPSA) is 47.0 Å². The molecule has 0 aliphatic heterocycles. The Labute approximate surface area is 144 Å². The van der Waals surface area contributed by atoms with Crippen molar-refractivity contribution in [2.75, 3.05) is 0 Å². The zero-order chi connectivity index (χ0) is 18.3. The maximum Gasteiger partial charge on any atom is 0.214 e. The van der Waals surface area contributed by atoms with Gasteiger partial charge in [0, 0.05) is 11.3 Å². The number of rotatable bonds is 4. The number of carbonyl (C=O) groups excluding carboxylic acids is 2. The van der Waals surface area contributed by atoms with Crippen molar-refractivity contribution in [3.8, 4) is 0 Å². The van der Waals surface area contributed by atoms with Gasteiger partial charge in [-0.25, -0.2) is 4.98 Å². The molecule has 0 saturated heterocycles. The standard InChI is InChI=1S/C19H19NO2.C2H6/c1-5-15(18(21)16-9-7-6-8-13(16)3)19(22)17-11-10-12(2)14(4)20-17;1-2/h5-11H,1-4H3;1-2H3/b15-5+;. The first-order chi connectivity index (χ1) is 11.5. The van der Waals surface area contributed by atoms with E-state index in [1.54, 1.807) is 31.2 Å². The number of carbonyl (C=O) groups is 2. The van der Waals surface area contributed by atoms with Crippen molar-refractivity contribution in [2.45, 2.75) is 41.5 Å². The normalized spacial score (nSPS) is 10.7. The van der Waals surface area contributed by atoms with Crippen LogP contribution in [0.25, 0.3) is 0 Å². The first kappa shape index (κ1) is 19.5. The highest BCUT2D eigenvalue weighted by atomic mass is 16.1. The molecule has 1 heterocycles. The van der Waals surface area contributed by atoms with E-state index < -0.39 is 0 Å². The fourth-order valence-corrected chi connectivity index (χ4v) is 2.23. The number of hydrogen-bond donors (Lipinski definition) is 0. The number of allylic oxidation sites excluding steroid dienone is 2. The molecule has 0 aliphatic rings. The van der Waals surface area contributed by atoms with Crippen LogP contribution in [-0.4, -0.2) is 16.6 Å². The van der Waals surface area contributed by atoms with Gasteiger partial charge in [-0.15, -0.1) is 0 Å². The van der Waals surface area contributed by atoms with Crippen molar-refractivity contribution in [3.05, 3.63) is 76.1 Å². The molecular formula is C21H25NO2. The van der Waals surface area contributed by atoms with E-state index in [-0.39, 0.29) is 17.1 Å². The van der Waals surface area contributed by atoms with E-state index in [0.717, 1.165) is 16.8 Å². The predicted molar refractivity (Wildman–Crippen MR) is 98.7 cm³/mol. The molecule has 0 unspecified atom stereocenters. The second-order valence-corrected chi connectivity index (χ2v) is 5.27. The number of nitrogens with zero attached hydrogens (tertiary/aromatic N) is 1. The maximum atomic E-state index is 12.6. The second kappa shape index (κ2) is 8.92. The number of pyridine rings is 1. The molecule has 0 saturated carbocycles. The molecule has 0 spiro atoms. The lowest BCUT2D eigenvalue weighted by molar-refractivity contribution is 0.0959. The molecule has 0 N–H and O–H groups in total. The third kappa shape index (κ3) is 4.25. The van der Waals surface area contributed by atoms with Crippen LogP contribution in [0.1, 0.15) is 58.4 Å². The maximum absolute atomic E-state index is 12.6. The van der Waals surface area contributed by atoms with Crippen molar-refractivity contribution in [1.29, 1.82) is 0 Å². The number of hydrogen-bond acceptors (Lipinski definition) is 3. The summed E-state index contributed by atoms with van der Waals surface area (Å²) in [7, 11) is 0. The van der Waals surface area contributed by atoms with Crippen molar-refractivity contribution >= 4 is 11.6 Å². The molecule has 0 radical (unpaired) electrons. The van der Waals surface area contributed by atoms with E-state index in [1.165, 1.54) is 0 Å². The minimum absolute atomic E-state index is 0.157. The zero-order valence-corrected chi connectivity index (χ0v) is 15.3. The number of ketones is 2. The van der Waals surface area contributed by atoms with Gasteiger partial charge in [-0.1, -0.05) is 50.3 Å². The molecule has 24 heavy (non-hydrogen) atoms. The quantitative estimate of drug-likeness (QED) is 0.342. The zero-order valence-electron chi connectivity index (χ0n) is 15.3. The second-order valence-electron chi connectivity index (χ2n) is 5.27. The molecule has 0 atom stereocenters. The van der Waals surface area contributed by atoms with E-state index in [0.29, 0.717) is 11.3 Å². The van der Waals surface area contributed by atoms with E-state index in [9.17, 15) is 9.59 Å². The SMILES string of the molecule is C/C=C(/C(=O)c1ccc(C)c(C)n1)C(=O)c1ccccc1C.CC. The summed E-state index contributed by atoms with van der Waals surface area (Å²) in [6.07, 6.45) is 1.56. The summed E-state index contributed by atoms with van der Waals surface area (Å²) < 4.78 is 0. The molecule has 1 aromatic carbocycles. The van der Waals surface area contributed by atoms with Crippen LogP contribution in [0.15, 0.2) is 48.0 Å². The van der Waals surface area contributed by atoms with Gasteiger partial charge in [0.25, 0.3) is 0 Å². The molecule has 3 nitrogen and oxygen atoms in total. The van der Waals surface area contributed by atoms with Gasteiger partial charge in [0.2, 0.25) is 5.78 Å². The highest BCUT2D eigenvalue weighted by Gasteiger charge is 2.22. The van der Waals surface area contributed by atoms with Crippen LogP contribution in [0, 0.1) is 20.8 Å². The summed E-state index contributed by atoms with van der Waals surface area (Å²) in [6, 6.07) is 10.8. The highest BCUT2D eigenvalue weighted by molar-refractivity contribution is 6.30. The van der Waals surface area contributed by atoms with Gasteiger partial charge in [-0.2, -0.15) is 0 Å². The van der Waals surface area contributed by atoms with Crippen LogP contribution in [0.2, 0.25) is 0 Å². The first-order valence-corrected chi connectivity index (χ1v) is 8.21. The van der Waals surface area contributed by atoms with Crippen LogP contribution in [-0.2, 0) is 0 Å². The third-order valence-corrected chi connectivity index (χ3v) is 3.75. The Hall–Kier alpha value is -2.55. The number of aryl methyl sites for hydroxylation is 3. The van der Waals surface area contributed by atoms with Gasteiger partial charge < -0.3 is 0 Å². The Balaban J connectivity index is 0.00000139. The predicted octanol–water partition coefficient (Wildman–Crippen LogP) is 5.04. The van der Waals surface area contributed by atoms with Crippen LogP contribution in [0.3, 0.4) is 0 Å². The van der Waals surface area contributed by atoms with Gasteiger partial charge in [0.1, 0.15) is 5.69 Å². The molecule has 0 aliphatic carbocycles. The molecule has 0 amide bonds. The summed E-state index contributed by atoms with van der Waals surface area (Å²) in [4.78, 5) is 29.6. The summed E-state index contributed by atoms with van der Waals surface area (Å²) in [6.45, 7) is 11.3. The molecule has 126 valence electrons. The van der Waals surface area contributed by atoms with E-state index in [1.807, 2.05) is 52.8 Å². The van der Waals surface area contributed by atoms with Gasteiger partial charge in [-0.05, 0) is 44.9 Å². The van der Waals surface area contributed by atoms with Gasteiger partial charge in [0.05, 0.1) is 5.57 Å². The Bertz CT molecular complexity index is 773. The minimum Gasteiger partial charge on any atom is -0.288 e. The minimum atomic E-state index is -0.334. The van der Waals surface area contributed by atoms with Crippen molar-refractivity contribution < 1.29 is 9.59 Å². The lowest BCUT2D eigenvalue weighted by atomic mass is 9.95. The van der Waals surface area contributed by atoms with Crippen LogP contribution in [0.4, 0.5) is 0 Å². The molecule has 0 bridgehead atoms. The lowest BCUT2D eigenvalue weighted by Crippen LogP contribution is -2.16. The number of aromatic nitrogens is 1. The lowest BCUT2D eigenvalue weighted by Gasteiger charge is -2.08. The van der Waals surface area contributed by atoms with Crippen LogP contribution in [0.5, 0.6) is 0 Å². The Kier molecular flexibility index (Phi) is 7.25. The van der Waals surface area contributed by atoms with Gasteiger partial charge in [-0.3, -0.25) is 9.59 Å². The van der Waals surface area contributed by atoms with Gasteiger partial charge in [0.15, 0.2) is 5.78 Å². The molecule has 2 rings (SSSR count).